The van der Waals surface area contributed by atoms with Crippen LogP contribution in [0.25, 0.3) is 21.5 Å². The topological polar surface area (TPSA) is 285 Å². The van der Waals surface area contributed by atoms with Crippen LogP contribution in [0.2, 0.25) is 0 Å². The second-order valence-corrected chi connectivity index (χ2v) is 14.6. The summed E-state index contributed by atoms with van der Waals surface area (Å²) in [6.45, 7) is 3.79. The molecule has 0 fully saturated rings. The Bertz CT molecular complexity index is 2640. The van der Waals surface area contributed by atoms with Crippen molar-refractivity contribution in [3.8, 4) is 11.5 Å². The number of phenols is 2. The Balaban J connectivity index is 0.000000248. The number of nitrogens with zero attached hydrogens (tertiary/aromatic N) is 6. The van der Waals surface area contributed by atoms with Crippen LogP contribution in [0.15, 0.2) is 127 Å². The van der Waals surface area contributed by atoms with Crippen LogP contribution >= 0.6 is 0 Å². The predicted octanol–water partition coefficient (Wildman–Crippen LogP) is 8.07. The van der Waals surface area contributed by atoms with Gasteiger partial charge in [0.25, 0.3) is 9.85 Å². The third-order valence-corrected chi connectivity index (χ3v) is 9.95. The van der Waals surface area contributed by atoms with Crippen LogP contribution in [0.5, 0.6) is 11.5 Å². The van der Waals surface area contributed by atoms with Gasteiger partial charge >= 0.3 is 60.3 Å². The number of fused-ring (bicyclic) bond motifs is 2. The first-order chi connectivity index (χ1) is 26.4. The Kier molecular flexibility index (Phi) is 14.4. The molecule has 18 nitrogen and oxygen atoms in total. The Morgan fingerprint density at radius 3 is 1.21 bits per heavy atom. The van der Waals surface area contributed by atoms with Crippen LogP contribution in [0.4, 0.5) is 34.1 Å². The van der Waals surface area contributed by atoms with Crippen LogP contribution in [-0.2, 0) is 33.1 Å². The van der Waals surface area contributed by atoms with Crippen LogP contribution in [0, 0.1) is 9.81 Å². The van der Waals surface area contributed by atoms with E-state index in [-0.39, 0.29) is 115 Å². The first kappa shape index (κ1) is 44.5. The number of hydrogen-bond acceptors (Lipinski definition) is 14. The molecule has 4 N–H and O–H groups in total. The number of hydrogen-bond donors (Lipinski definition) is 4. The molecule has 0 aliphatic rings. The summed E-state index contributed by atoms with van der Waals surface area (Å²) in [5, 5.41) is 56.0. The third kappa shape index (κ3) is 10.6. The molecule has 0 aliphatic heterocycles. The first-order valence-corrected chi connectivity index (χ1v) is 19.1. The van der Waals surface area contributed by atoms with Crippen molar-refractivity contribution in [2.75, 3.05) is 0 Å². The van der Waals surface area contributed by atoms with Gasteiger partial charge in [-0.2, -0.15) is 0 Å². The first-order valence-electron chi connectivity index (χ1n) is 16.3. The SMILES string of the molecule is CCc1ccc([N+](=O)O)c(N=Nc2c(O)ccc3ccc(S(=O)(=O)[O-])cc23)c1.CCc1ccc([N+](=O)O)c(N=Nc2c(O)ccc3ccc(S(=O)(=O)[O-])cc23)c1.[Ba+2]. The minimum absolute atomic E-state index is 0. The molecule has 0 amide bonds. The summed E-state index contributed by atoms with van der Waals surface area (Å²) in [7, 11) is -9.41. The molecule has 57 heavy (non-hydrogen) atoms. The molecule has 6 aromatic carbocycles. The maximum absolute atomic E-state index is 11.3. The Morgan fingerprint density at radius 1 is 0.544 bits per heavy atom. The summed E-state index contributed by atoms with van der Waals surface area (Å²) in [6.07, 6.45) is 1.30. The third-order valence-electron chi connectivity index (χ3n) is 8.29. The number of aryl methyl sites for hydroxylation is 2. The van der Waals surface area contributed by atoms with Crippen molar-refractivity contribution in [1.29, 1.82) is 0 Å². The minimum atomic E-state index is -4.70. The maximum Gasteiger partial charge on any atom is 2.00 e. The van der Waals surface area contributed by atoms with E-state index in [1.165, 1.54) is 48.5 Å². The van der Waals surface area contributed by atoms with Crippen LogP contribution < -0.4 is 0 Å². The second-order valence-electron chi connectivity index (χ2n) is 11.8. The normalized spacial score (nSPS) is 11.7. The predicted molar refractivity (Wildman–Crippen MR) is 203 cm³/mol. The molecule has 0 spiro atoms. The number of benzene rings is 6. The van der Waals surface area contributed by atoms with Gasteiger partial charge in [-0.25, -0.2) is 27.3 Å². The van der Waals surface area contributed by atoms with Crippen molar-refractivity contribution in [2.24, 2.45) is 20.5 Å². The van der Waals surface area contributed by atoms with Gasteiger partial charge in [0.05, 0.1) is 19.6 Å². The van der Waals surface area contributed by atoms with Gasteiger partial charge in [0, 0.05) is 22.9 Å². The Hall–Kier alpha value is -5.17. The second kappa shape index (κ2) is 18.4. The summed E-state index contributed by atoms with van der Waals surface area (Å²) in [4.78, 5) is 21.0. The maximum atomic E-state index is 11.3. The van der Waals surface area contributed by atoms with Crippen molar-refractivity contribution in [3.63, 3.8) is 0 Å². The largest absolute Gasteiger partial charge is 2.00 e. The molecule has 0 saturated carbocycles. The summed E-state index contributed by atoms with van der Waals surface area (Å²) in [5.74, 6) is -0.597. The van der Waals surface area contributed by atoms with Gasteiger partial charge in [-0.1, -0.05) is 50.2 Å². The smallest absolute Gasteiger partial charge is 0.744 e. The minimum Gasteiger partial charge on any atom is -0.744 e. The number of aromatic hydroxyl groups is 2. The van der Waals surface area contributed by atoms with Gasteiger partial charge in [0.1, 0.15) is 43.1 Å². The van der Waals surface area contributed by atoms with Crippen LogP contribution in [0.1, 0.15) is 25.0 Å². The standard InChI is InChI=1S/2C18H15N3O6S.Ba/c2*1-2-11-3-7-16(21(23)24)15(9-11)19-20-18-14-10-13(28(25,26)27)6-4-12(14)5-8-17(18)22;/h2*3-10H,2H2,1H3,(H2-,19,22,23,24,25,26,27);/q;;+2. The molecule has 0 atom stereocenters. The molecule has 6 aromatic rings. The molecule has 0 unspecified atom stereocenters. The molecule has 6 rings (SSSR count). The van der Waals surface area contributed by atoms with E-state index < -0.39 is 30.0 Å². The Morgan fingerprint density at radius 2 is 0.895 bits per heavy atom. The fourth-order valence-corrected chi connectivity index (χ4v) is 6.33. The van der Waals surface area contributed by atoms with Crippen molar-refractivity contribution in [2.45, 2.75) is 36.5 Å². The van der Waals surface area contributed by atoms with E-state index in [0.29, 0.717) is 23.6 Å². The van der Waals surface area contributed by atoms with E-state index in [9.17, 15) is 56.4 Å². The van der Waals surface area contributed by atoms with Crippen molar-refractivity contribution in [1.82, 2.24) is 0 Å². The molecule has 0 saturated heterocycles. The average Bonchev–Trinajstić information content (AvgIpc) is 3.15. The summed E-state index contributed by atoms with van der Waals surface area (Å²) < 4.78 is 67.8. The van der Waals surface area contributed by atoms with Crippen molar-refractivity contribution < 1.29 is 56.4 Å². The number of phenolic OH excluding ortho intramolecular Hbond substituents is 2. The zero-order chi connectivity index (χ0) is 40.9. The van der Waals surface area contributed by atoms with E-state index in [2.05, 4.69) is 20.5 Å². The Labute approximate surface area is 364 Å². The van der Waals surface area contributed by atoms with E-state index in [0.717, 1.165) is 35.4 Å². The molecular weight excluding hydrogens is 910 g/mol. The molecule has 0 heterocycles. The monoisotopic (exact) mass is 940 g/mol. The van der Waals surface area contributed by atoms with E-state index in [1.807, 2.05) is 13.8 Å². The molecule has 21 heteroatoms. The van der Waals surface area contributed by atoms with Gasteiger partial charge in [-0.3, -0.25) is 0 Å². The summed E-state index contributed by atoms with van der Waals surface area (Å²) >= 11 is 0. The summed E-state index contributed by atoms with van der Waals surface area (Å²) in [6, 6.07) is 22.2. The number of azo groups is 2. The quantitative estimate of drug-likeness (QED) is 0.0439. The zero-order valence-corrected chi connectivity index (χ0v) is 36.0. The molecule has 0 aromatic heterocycles. The zero-order valence-electron chi connectivity index (χ0n) is 29.9. The van der Waals surface area contributed by atoms with Crippen LogP contribution in [0.3, 0.4) is 0 Å². The molecular formula is C36H30BaN6O12S2+2. The van der Waals surface area contributed by atoms with Crippen molar-refractivity contribution in [3.05, 3.63) is 118 Å². The van der Waals surface area contributed by atoms with Crippen molar-refractivity contribution >= 4 is 125 Å². The van der Waals surface area contributed by atoms with E-state index in [4.69, 9.17) is 0 Å². The fraction of sp³-hybridized carbons (Fsp3) is 0.111. The summed E-state index contributed by atoms with van der Waals surface area (Å²) in [5.41, 5.74) is 1.33. The van der Waals surface area contributed by atoms with Gasteiger partial charge in [-0.05, 0) is 83.3 Å². The van der Waals surface area contributed by atoms with E-state index in [1.54, 1.807) is 24.3 Å². The van der Waals surface area contributed by atoms with Gasteiger partial charge < -0.3 is 19.3 Å². The molecule has 288 valence electrons. The average molecular weight is 940 g/mol. The van der Waals surface area contributed by atoms with Gasteiger partial charge in [0.2, 0.25) is 0 Å². The molecule has 0 aliphatic carbocycles. The molecule has 0 radical (unpaired) electrons. The number of rotatable bonds is 10. The molecule has 0 bridgehead atoms. The van der Waals surface area contributed by atoms with E-state index >= 15 is 0 Å². The van der Waals surface area contributed by atoms with Gasteiger partial charge in [-0.15, -0.1) is 20.5 Å². The van der Waals surface area contributed by atoms with Crippen LogP contribution in [-0.4, -0.2) is 105 Å². The van der Waals surface area contributed by atoms with Gasteiger partial charge in [0.15, 0.2) is 11.4 Å². The fourth-order valence-electron chi connectivity index (χ4n) is 5.33.